The smallest absolute Gasteiger partial charge is 0.239 e. The average molecular weight is 307 g/mol. The molecule has 5 heteroatoms. The molecule has 0 atom stereocenters. The van der Waals surface area contributed by atoms with Crippen LogP contribution in [-0.2, 0) is 9.98 Å². The maximum Gasteiger partial charge on any atom is 0.239 e. The zero-order valence-electron chi connectivity index (χ0n) is 14.1. The van der Waals surface area contributed by atoms with Crippen molar-refractivity contribution >= 4 is 13.1 Å². The zero-order chi connectivity index (χ0) is 16.0. The summed E-state index contributed by atoms with van der Waals surface area (Å²) in [6.07, 6.45) is 0. The molecule has 0 unspecified atom stereocenters. The standard InChI is InChI=1S/C16H26N3OP/c1-16(2)13-10-8-9-11-14(13)19(7)15(16)12-21(20,17(3)4)18(5)6/h8-12H,1-7H3/b15-12+. The summed E-state index contributed by atoms with van der Waals surface area (Å²) in [5, 5.41) is 0. The summed E-state index contributed by atoms with van der Waals surface area (Å²) in [6.45, 7) is 4.38. The zero-order valence-corrected chi connectivity index (χ0v) is 15.0. The lowest BCUT2D eigenvalue weighted by Gasteiger charge is -2.32. The fourth-order valence-corrected chi connectivity index (χ4v) is 4.97. The molecule has 0 amide bonds. The number of hydrogen-bond acceptors (Lipinski definition) is 2. The van der Waals surface area contributed by atoms with Crippen molar-refractivity contribution in [3.63, 3.8) is 0 Å². The van der Waals surface area contributed by atoms with Crippen LogP contribution in [0.25, 0.3) is 0 Å². The van der Waals surface area contributed by atoms with E-state index in [0.717, 1.165) is 5.70 Å². The Kier molecular flexibility index (Phi) is 4.09. The van der Waals surface area contributed by atoms with Crippen molar-refractivity contribution in [2.24, 2.45) is 0 Å². The predicted octanol–water partition coefficient (Wildman–Crippen LogP) is 3.57. The van der Waals surface area contributed by atoms with Gasteiger partial charge < -0.3 is 4.90 Å². The van der Waals surface area contributed by atoms with Gasteiger partial charge in [0, 0.05) is 29.7 Å². The second kappa shape index (κ2) is 5.28. The van der Waals surface area contributed by atoms with Gasteiger partial charge in [-0.3, -0.25) is 4.57 Å². The van der Waals surface area contributed by atoms with Gasteiger partial charge >= 0.3 is 0 Å². The summed E-state index contributed by atoms with van der Waals surface area (Å²) in [7, 11) is 6.83. The summed E-state index contributed by atoms with van der Waals surface area (Å²) in [5.74, 6) is 1.95. The third-order valence-corrected chi connectivity index (χ3v) is 7.25. The highest BCUT2D eigenvalue weighted by Crippen LogP contribution is 2.56. The van der Waals surface area contributed by atoms with Crippen molar-refractivity contribution in [1.29, 1.82) is 0 Å². The van der Waals surface area contributed by atoms with Crippen LogP contribution in [0.4, 0.5) is 5.69 Å². The van der Waals surface area contributed by atoms with Gasteiger partial charge in [-0.05, 0) is 39.8 Å². The molecule has 1 heterocycles. The van der Waals surface area contributed by atoms with Gasteiger partial charge in [0.15, 0.2) is 0 Å². The van der Waals surface area contributed by atoms with E-state index in [2.05, 4.69) is 44.0 Å². The van der Waals surface area contributed by atoms with Gasteiger partial charge in [0.2, 0.25) is 7.44 Å². The first-order valence-corrected chi connectivity index (χ1v) is 8.82. The van der Waals surface area contributed by atoms with Crippen molar-refractivity contribution in [3.8, 4) is 0 Å². The molecule has 116 valence electrons. The summed E-state index contributed by atoms with van der Waals surface area (Å²) < 4.78 is 16.9. The predicted molar refractivity (Wildman–Crippen MR) is 90.9 cm³/mol. The molecule has 0 fully saturated rings. The van der Waals surface area contributed by atoms with Gasteiger partial charge in [-0.25, -0.2) is 9.34 Å². The van der Waals surface area contributed by atoms with Gasteiger partial charge in [0.1, 0.15) is 0 Å². The van der Waals surface area contributed by atoms with Crippen LogP contribution < -0.4 is 4.90 Å². The molecule has 0 radical (unpaired) electrons. The van der Waals surface area contributed by atoms with Gasteiger partial charge in [0.25, 0.3) is 0 Å². The SMILES string of the molecule is CN1/C(=C/P(=O)(N(C)C)N(C)C)C(C)(C)c2ccccc21. The van der Waals surface area contributed by atoms with Gasteiger partial charge in [-0.2, -0.15) is 0 Å². The highest BCUT2D eigenvalue weighted by molar-refractivity contribution is 7.62. The lowest BCUT2D eigenvalue weighted by Crippen LogP contribution is -2.26. The number of para-hydroxylation sites is 1. The second-order valence-electron chi connectivity index (χ2n) is 6.50. The van der Waals surface area contributed by atoms with Crippen LogP contribution in [0.15, 0.2) is 35.8 Å². The van der Waals surface area contributed by atoms with E-state index in [4.69, 9.17) is 0 Å². The van der Waals surface area contributed by atoms with Gasteiger partial charge in [-0.15, -0.1) is 0 Å². The van der Waals surface area contributed by atoms with Crippen LogP contribution in [0.1, 0.15) is 19.4 Å². The quantitative estimate of drug-likeness (QED) is 0.798. The Morgan fingerprint density at radius 1 is 1.10 bits per heavy atom. The molecule has 0 spiro atoms. The Bertz CT molecular complexity index is 608. The van der Waals surface area contributed by atoms with Crippen molar-refractivity contribution in [1.82, 2.24) is 9.34 Å². The van der Waals surface area contributed by atoms with Crippen LogP contribution in [0.5, 0.6) is 0 Å². The third-order valence-electron chi connectivity index (χ3n) is 4.38. The molecule has 1 aromatic carbocycles. The highest BCUT2D eigenvalue weighted by Gasteiger charge is 2.40. The summed E-state index contributed by atoms with van der Waals surface area (Å²) >= 11 is 0. The van der Waals surface area contributed by atoms with Crippen molar-refractivity contribution in [2.45, 2.75) is 19.3 Å². The Labute approximate surface area is 128 Å². The van der Waals surface area contributed by atoms with E-state index >= 15 is 0 Å². The van der Waals surface area contributed by atoms with Crippen molar-refractivity contribution < 1.29 is 4.57 Å². The number of nitrogens with zero attached hydrogens (tertiary/aromatic N) is 3. The lowest BCUT2D eigenvalue weighted by atomic mass is 9.84. The van der Waals surface area contributed by atoms with E-state index in [1.54, 1.807) is 0 Å². The van der Waals surface area contributed by atoms with Crippen LogP contribution in [0.2, 0.25) is 0 Å². The molecule has 0 aromatic heterocycles. The van der Waals surface area contributed by atoms with E-state index in [1.807, 2.05) is 49.4 Å². The van der Waals surface area contributed by atoms with Crippen molar-refractivity contribution in [2.75, 3.05) is 40.1 Å². The normalized spacial score (nSPS) is 19.7. The number of allylic oxidation sites excluding steroid dienone is 1. The minimum absolute atomic E-state index is 0.146. The molecule has 1 aliphatic heterocycles. The molecule has 1 aliphatic rings. The third kappa shape index (κ3) is 2.46. The molecular formula is C16H26N3OP. The number of rotatable bonds is 3. The first-order chi connectivity index (χ1) is 9.62. The van der Waals surface area contributed by atoms with E-state index in [-0.39, 0.29) is 5.41 Å². The molecule has 4 nitrogen and oxygen atoms in total. The Morgan fingerprint density at radius 2 is 1.62 bits per heavy atom. The molecule has 21 heavy (non-hydrogen) atoms. The lowest BCUT2D eigenvalue weighted by molar-refractivity contribution is 0.457. The minimum atomic E-state index is -2.70. The minimum Gasteiger partial charge on any atom is -0.347 e. The first-order valence-electron chi connectivity index (χ1n) is 7.14. The second-order valence-corrected chi connectivity index (χ2v) is 9.54. The highest BCUT2D eigenvalue weighted by atomic mass is 31.2. The number of anilines is 1. The average Bonchev–Trinajstić information content (AvgIpc) is 2.60. The first kappa shape index (κ1) is 16.3. The number of benzene rings is 1. The number of likely N-dealkylation sites (N-methyl/N-ethyl adjacent to an activating group) is 1. The van der Waals surface area contributed by atoms with Crippen molar-refractivity contribution in [3.05, 3.63) is 41.3 Å². The van der Waals surface area contributed by atoms with Crippen LogP contribution in [0.3, 0.4) is 0 Å². The molecule has 0 N–H and O–H groups in total. The number of fused-ring (bicyclic) bond motifs is 1. The molecule has 1 aromatic rings. The molecule has 0 aliphatic carbocycles. The molecule has 2 rings (SSSR count). The van der Waals surface area contributed by atoms with Crippen LogP contribution >= 0.6 is 7.44 Å². The monoisotopic (exact) mass is 307 g/mol. The number of hydrogen-bond donors (Lipinski definition) is 0. The molecule has 0 saturated carbocycles. The van der Waals surface area contributed by atoms with E-state index in [1.165, 1.54) is 11.3 Å². The fourth-order valence-electron chi connectivity index (χ4n) is 2.98. The Hall–Kier alpha value is -1.09. The van der Waals surface area contributed by atoms with E-state index in [0.29, 0.717) is 0 Å². The van der Waals surface area contributed by atoms with Gasteiger partial charge in [0.05, 0.1) is 0 Å². The van der Waals surface area contributed by atoms with Gasteiger partial charge in [-0.1, -0.05) is 32.0 Å². The van der Waals surface area contributed by atoms with Crippen LogP contribution in [-0.4, -0.2) is 44.6 Å². The molecular weight excluding hydrogens is 281 g/mol. The Morgan fingerprint density at radius 3 is 2.10 bits per heavy atom. The molecule has 0 saturated heterocycles. The Balaban J connectivity index is 2.61. The molecule has 0 bridgehead atoms. The summed E-state index contributed by atoms with van der Waals surface area (Å²) in [4.78, 5) is 2.16. The fraction of sp³-hybridized carbons (Fsp3) is 0.500. The van der Waals surface area contributed by atoms with E-state index in [9.17, 15) is 4.57 Å². The van der Waals surface area contributed by atoms with Crippen LogP contribution in [0, 0.1) is 0 Å². The summed E-state index contributed by atoms with van der Waals surface area (Å²) in [6, 6.07) is 8.39. The summed E-state index contributed by atoms with van der Waals surface area (Å²) in [5.41, 5.74) is 3.42. The topological polar surface area (TPSA) is 26.8 Å². The van der Waals surface area contributed by atoms with E-state index < -0.39 is 7.44 Å². The maximum absolute atomic E-state index is 13.3. The largest absolute Gasteiger partial charge is 0.347 e. The maximum atomic E-state index is 13.3.